The summed E-state index contributed by atoms with van der Waals surface area (Å²) in [6.45, 7) is 1.72. The van der Waals surface area contributed by atoms with Gasteiger partial charge >= 0.3 is 0 Å². The molecule has 104 valence electrons. The van der Waals surface area contributed by atoms with Crippen molar-refractivity contribution in [1.82, 2.24) is 10.3 Å². The van der Waals surface area contributed by atoms with Gasteiger partial charge in [-0.15, -0.1) is 0 Å². The summed E-state index contributed by atoms with van der Waals surface area (Å²) in [7, 11) is -3.07. The number of amides is 1. The SMILES string of the molecule is CC1(NC(=O)c2cccnc2NN)CCS(=O)(=O)C1. The van der Waals surface area contributed by atoms with Crippen molar-refractivity contribution < 1.29 is 13.2 Å². The first kappa shape index (κ1) is 13.8. The Labute approximate surface area is 111 Å². The predicted octanol–water partition coefficient (Wildman–Crippen LogP) is -0.326. The van der Waals surface area contributed by atoms with Crippen LogP contribution in [-0.4, -0.2) is 36.4 Å². The molecule has 0 bridgehead atoms. The lowest BCUT2D eigenvalue weighted by Crippen LogP contribution is -2.47. The first-order valence-electron chi connectivity index (χ1n) is 5.80. The lowest BCUT2D eigenvalue weighted by atomic mass is 10.0. The van der Waals surface area contributed by atoms with Crippen LogP contribution in [0.2, 0.25) is 0 Å². The second-order valence-electron chi connectivity index (χ2n) is 4.90. The summed E-state index contributed by atoms with van der Waals surface area (Å²) < 4.78 is 23.0. The van der Waals surface area contributed by atoms with Crippen LogP contribution in [-0.2, 0) is 9.84 Å². The quantitative estimate of drug-likeness (QED) is 0.517. The van der Waals surface area contributed by atoms with Gasteiger partial charge in [0.1, 0.15) is 0 Å². The van der Waals surface area contributed by atoms with Crippen molar-refractivity contribution in [2.24, 2.45) is 5.84 Å². The van der Waals surface area contributed by atoms with E-state index in [4.69, 9.17) is 5.84 Å². The minimum Gasteiger partial charge on any atom is -0.346 e. The third-order valence-electron chi connectivity index (χ3n) is 3.11. The number of nitrogens with two attached hydrogens (primary N) is 1. The predicted molar refractivity (Wildman–Crippen MR) is 71.2 cm³/mol. The molecule has 1 aromatic heterocycles. The van der Waals surface area contributed by atoms with Gasteiger partial charge < -0.3 is 10.7 Å². The fraction of sp³-hybridized carbons (Fsp3) is 0.455. The van der Waals surface area contributed by atoms with Crippen molar-refractivity contribution in [3.63, 3.8) is 0 Å². The Bertz CT molecular complexity index is 602. The number of sulfone groups is 1. The maximum atomic E-state index is 12.2. The van der Waals surface area contributed by atoms with Crippen LogP contribution in [0.5, 0.6) is 0 Å². The normalized spacial score (nSPS) is 24.9. The number of carbonyl (C=O) groups is 1. The zero-order valence-corrected chi connectivity index (χ0v) is 11.3. The smallest absolute Gasteiger partial charge is 0.255 e. The van der Waals surface area contributed by atoms with E-state index in [2.05, 4.69) is 15.7 Å². The summed E-state index contributed by atoms with van der Waals surface area (Å²) in [5.41, 5.74) is 1.89. The van der Waals surface area contributed by atoms with Crippen molar-refractivity contribution >= 4 is 21.6 Å². The van der Waals surface area contributed by atoms with Crippen LogP contribution in [0, 0.1) is 0 Å². The average molecular weight is 284 g/mol. The van der Waals surface area contributed by atoms with Crippen LogP contribution in [0.3, 0.4) is 0 Å². The molecule has 1 atom stereocenters. The number of nitrogen functional groups attached to an aromatic ring is 1. The Balaban J connectivity index is 2.18. The monoisotopic (exact) mass is 284 g/mol. The van der Waals surface area contributed by atoms with Gasteiger partial charge in [0.25, 0.3) is 5.91 Å². The largest absolute Gasteiger partial charge is 0.346 e. The molecule has 0 saturated carbocycles. The van der Waals surface area contributed by atoms with Crippen LogP contribution in [0.15, 0.2) is 18.3 Å². The topological polar surface area (TPSA) is 114 Å². The molecule has 4 N–H and O–H groups in total. The van der Waals surface area contributed by atoms with Crippen LogP contribution < -0.4 is 16.6 Å². The van der Waals surface area contributed by atoms with E-state index in [-0.39, 0.29) is 28.8 Å². The van der Waals surface area contributed by atoms with Crippen LogP contribution in [0.4, 0.5) is 5.82 Å². The summed E-state index contributed by atoms with van der Waals surface area (Å²) in [5.74, 6) is 5.20. The number of hydrogen-bond donors (Lipinski definition) is 3. The standard InChI is InChI=1S/C11H16N4O3S/c1-11(4-6-19(17,18)7-11)14-10(16)8-3-2-5-13-9(8)15-12/h2-3,5H,4,6-7,12H2,1H3,(H,13,15)(H,14,16). The molecule has 0 spiro atoms. The van der Waals surface area contributed by atoms with Crippen molar-refractivity contribution in [2.45, 2.75) is 18.9 Å². The van der Waals surface area contributed by atoms with Gasteiger partial charge in [-0.05, 0) is 25.5 Å². The third kappa shape index (κ3) is 3.02. The number of hydrazine groups is 1. The molecule has 0 radical (unpaired) electrons. The maximum Gasteiger partial charge on any atom is 0.255 e. The van der Waals surface area contributed by atoms with E-state index >= 15 is 0 Å². The van der Waals surface area contributed by atoms with E-state index in [0.29, 0.717) is 6.42 Å². The third-order valence-corrected chi connectivity index (χ3v) is 5.01. The molecule has 0 aliphatic carbocycles. The van der Waals surface area contributed by atoms with Gasteiger partial charge in [-0.2, -0.15) is 0 Å². The number of carbonyl (C=O) groups excluding carboxylic acids is 1. The fourth-order valence-corrected chi connectivity index (χ4v) is 4.25. The van der Waals surface area contributed by atoms with Crippen LogP contribution >= 0.6 is 0 Å². The average Bonchev–Trinajstić information content (AvgIpc) is 2.63. The molecule has 1 aromatic rings. The van der Waals surface area contributed by atoms with Gasteiger partial charge in [-0.3, -0.25) is 4.79 Å². The fourth-order valence-electron chi connectivity index (χ4n) is 2.15. The van der Waals surface area contributed by atoms with Crippen molar-refractivity contribution in [2.75, 3.05) is 16.9 Å². The summed E-state index contributed by atoms with van der Waals surface area (Å²) in [5, 5.41) is 2.75. The number of anilines is 1. The Hall–Kier alpha value is -1.67. The molecule has 1 saturated heterocycles. The summed E-state index contributed by atoms with van der Waals surface area (Å²) in [6.07, 6.45) is 1.92. The Morgan fingerprint density at radius 3 is 2.84 bits per heavy atom. The van der Waals surface area contributed by atoms with E-state index in [9.17, 15) is 13.2 Å². The highest BCUT2D eigenvalue weighted by molar-refractivity contribution is 7.91. The second kappa shape index (κ2) is 4.78. The number of aromatic nitrogens is 1. The second-order valence-corrected chi connectivity index (χ2v) is 7.08. The Kier molecular flexibility index (Phi) is 3.46. The van der Waals surface area contributed by atoms with Gasteiger partial charge in [0.15, 0.2) is 15.7 Å². The lowest BCUT2D eigenvalue weighted by molar-refractivity contribution is 0.0916. The number of hydrogen-bond acceptors (Lipinski definition) is 6. The van der Waals surface area contributed by atoms with Crippen molar-refractivity contribution in [3.05, 3.63) is 23.9 Å². The summed E-state index contributed by atoms with van der Waals surface area (Å²) in [6, 6.07) is 3.19. The molecule has 1 aliphatic rings. The minimum absolute atomic E-state index is 0.0443. The van der Waals surface area contributed by atoms with E-state index in [1.54, 1.807) is 19.1 Å². The Morgan fingerprint density at radius 2 is 2.26 bits per heavy atom. The highest BCUT2D eigenvalue weighted by Crippen LogP contribution is 2.23. The molecular weight excluding hydrogens is 268 g/mol. The molecule has 19 heavy (non-hydrogen) atoms. The molecule has 1 amide bonds. The molecule has 8 heteroatoms. The molecule has 2 heterocycles. The Morgan fingerprint density at radius 1 is 1.53 bits per heavy atom. The number of pyridine rings is 1. The van der Waals surface area contributed by atoms with Crippen molar-refractivity contribution in [3.8, 4) is 0 Å². The first-order chi connectivity index (χ1) is 8.85. The van der Waals surface area contributed by atoms with Crippen LogP contribution in [0.1, 0.15) is 23.7 Å². The van der Waals surface area contributed by atoms with Crippen LogP contribution in [0.25, 0.3) is 0 Å². The first-order valence-corrected chi connectivity index (χ1v) is 7.62. The molecule has 1 fully saturated rings. The van der Waals surface area contributed by atoms with E-state index in [1.165, 1.54) is 6.20 Å². The van der Waals surface area contributed by atoms with E-state index < -0.39 is 15.4 Å². The van der Waals surface area contributed by atoms with Gasteiger partial charge in [0, 0.05) is 6.20 Å². The van der Waals surface area contributed by atoms with Gasteiger partial charge in [-0.1, -0.05) is 0 Å². The van der Waals surface area contributed by atoms with Gasteiger partial charge in [0.2, 0.25) is 0 Å². The molecule has 0 aromatic carbocycles. The highest BCUT2D eigenvalue weighted by atomic mass is 32.2. The number of nitrogens with one attached hydrogen (secondary N) is 2. The molecule has 1 aliphatic heterocycles. The molecule has 2 rings (SSSR count). The number of rotatable bonds is 3. The zero-order chi connectivity index (χ0) is 14.1. The molecule has 1 unspecified atom stereocenters. The van der Waals surface area contributed by atoms with Crippen molar-refractivity contribution in [1.29, 1.82) is 0 Å². The zero-order valence-electron chi connectivity index (χ0n) is 10.5. The van der Waals surface area contributed by atoms with Gasteiger partial charge in [0.05, 0.1) is 22.6 Å². The summed E-state index contributed by atoms with van der Waals surface area (Å²) >= 11 is 0. The minimum atomic E-state index is -3.07. The van der Waals surface area contributed by atoms with E-state index in [0.717, 1.165) is 0 Å². The molecule has 7 nitrogen and oxygen atoms in total. The molecular formula is C11H16N4O3S. The highest BCUT2D eigenvalue weighted by Gasteiger charge is 2.39. The summed E-state index contributed by atoms with van der Waals surface area (Å²) in [4.78, 5) is 16.1. The maximum absolute atomic E-state index is 12.2. The van der Waals surface area contributed by atoms with E-state index in [1.807, 2.05) is 0 Å². The number of nitrogens with zero attached hydrogens (tertiary/aromatic N) is 1. The lowest BCUT2D eigenvalue weighted by Gasteiger charge is -2.24. The van der Waals surface area contributed by atoms with Gasteiger partial charge in [-0.25, -0.2) is 19.2 Å².